The van der Waals surface area contributed by atoms with Gasteiger partial charge in [-0.05, 0) is 49.4 Å². The van der Waals surface area contributed by atoms with Gasteiger partial charge in [-0.2, -0.15) is 0 Å². The summed E-state index contributed by atoms with van der Waals surface area (Å²) in [4.78, 5) is 11.2. The first-order valence-electron chi connectivity index (χ1n) is 6.02. The lowest BCUT2D eigenvalue weighted by molar-refractivity contribution is -0.145. The number of hydrogen-bond donors (Lipinski definition) is 1. The van der Waals surface area contributed by atoms with Crippen molar-refractivity contribution in [1.82, 2.24) is 0 Å². The van der Waals surface area contributed by atoms with Gasteiger partial charge < -0.3 is 9.84 Å². The van der Waals surface area contributed by atoms with Crippen LogP contribution in [-0.2, 0) is 11.2 Å². The van der Waals surface area contributed by atoms with E-state index in [9.17, 15) is 9.90 Å². The van der Waals surface area contributed by atoms with Crippen LogP contribution in [0.25, 0.3) is 0 Å². The second kappa shape index (κ2) is 4.40. The maximum absolute atomic E-state index is 11.2. The molecule has 0 aromatic heterocycles. The lowest BCUT2D eigenvalue weighted by Gasteiger charge is -2.31. The number of carboxylic acid groups (broad SMARTS) is 1. The highest BCUT2D eigenvalue weighted by atomic mass is 16.5. The first-order valence-corrected chi connectivity index (χ1v) is 6.02. The van der Waals surface area contributed by atoms with E-state index in [4.69, 9.17) is 4.74 Å². The van der Waals surface area contributed by atoms with E-state index in [2.05, 4.69) is 0 Å². The average Bonchev–Trinajstić information content (AvgIpc) is 2.29. The van der Waals surface area contributed by atoms with Gasteiger partial charge in [-0.25, -0.2) is 0 Å². The van der Waals surface area contributed by atoms with Crippen LogP contribution in [0.4, 0.5) is 0 Å². The molecule has 17 heavy (non-hydrogen) atoms. The van der Waals surface area contributed by atoms with Crippen molar-refractivity contribution in [2.24, 2.45) is 5.92 Å². The second-order valence-electron chi connectivity index (χ2n) is 4.76. The van der Waals surface area contributed by atoms with Crippen molar-refractivity contribution in [2.75, 3.05) is 0 Å². The smallest absolute Gasteiger partial charge is 0.310 e. The van der Waals surface area contributed by atoms with Crippen LogP contribution in [0, 0.1) is 19.8 Å². The van der Waals surface area contributed by atoms with E-state index in [0.717, 1.165) is 17.7 Å². The van der Waals surface area contributed by atoms with Gasteiger partial charge in [0.15, 0.2) is 0 Å². The molecule has 1 aromatic rings. The van der Waals surface area contributed by atoms with Crippen LogP contribution in [0.3, 0.4) is 0 Å². The minimum absolute atomic E-state index is 0.206. The molecule has 0 radical (unpaired) electrons. The highest BCUT2D eigenvalue weighted by Gasteiger charge is 2.34. The summed E-state index contributed by atoms with van der Waals surface area (Å²) in [5.74, 6) is -0.326. The van der Waals surface area contributed by atoms with E-state index >= 15 is 0 Å². The molecule has 0 spiro atoms. The Labute approximate surface area is 101 Å². The lowest BCUT2D eigenvalue weighted by Crippen LogP contribution is -2.37. The maximum atomic E-state index is 11.2. The first kappa shape index (κ1) is 12.0. The first-order chi connectivity index (χ1) is 8.02. The molecule has 3 heteroatoms. The molecule has 1 heterocycles. The molecule has 0 aliphatic carbocycles. The van der Waals surface area contributed by atoms with E-state index in [0.29, 0.717) is 6.42 Å². The Balaban J connectivity index is 2.39. The highest BCUT2D eigenvalue weighted by molar-refractivity contribution is 5.72. The molecular weight excluding hydrogens is 216 g/mol. The third kappa shape index (κ3) is 2.14. The summed E-state index contributed by atoms with van der Waals surface area (Å²) in [6, 6.07) is 4.07. The molecule has 2 unspecified atom stereocenters. The normalized spacial score (nSPS) is 22.8. The Morgan fingerprint density at radius 1 is 1.41 bits per heavy atom. The zero-order valence-electron chi connectivity index (χ0n) is 10.5. The summed E-state index contributed by atoms with van der Waals surface area (Å²) in [6.45, 7) is 6.05. The van der Waals surface area contributed by atoms with E-state index in [1.54, 1.807) is 0 Å². The average molecular weight is 234 g/mol. The fraction of sp³-hybridized carbons (Fsp3) is 0.500. The number of carboxylic acids is 1. The monoisotopic (exact) mass is 234 g/mol. The number of ether oxygens (including phenoxy) is 1. The largest absolute Gasteiger partial charge is 0.489 e. The Kier molecular flexibility index (Phi) is 3.09. The highest BCUT2D eigenvalue weighted by Crippen LogP contribution is 2.34. The van der Waals surface area contributed by atoms with Gasteiger partial charge in [0.2, 0.25) is 0 Å². The molecule has 0 bridgehead atoms. The van der Waals surface area contributed by atoms with Gasteiger partial charge in [0, 0.05) is 0 Å². The molecule has 1 N–H and O–H groups in total. The van der Waals surface area contributed by atoms with Crippen LogP contribution in [0.5, 0.6) is 5.75 Å². The molecule has 3 nitrogen and oxygen atoms in total. The summed E-state index contributed by atoms with van der Waals surface area (Å²) in [7, 11) is 0. The summed E-state index contributed by atoms with van der Waals surface area (Å²) >= 11 is 0. The Morgan fingerprint density at radius 2 is 2.06 bits per heavy atom. The molecule has 1 aliphatic rings. The molecule has 0 saturated carbocycles. The fourth-order valence-corrected chi connectivity index (χ4v) is 2.35. The van der Waals surface area contributed by atoms with Crippen molar-refractivity contribution in [3.05, 3.63) is 28.8 Å². The number of hydrogen-bond acceptors (Lipinski definition) is 2. The third-order valence-corrected chi connectivity index (χ3v) is 3.56. The summed E-state index contributed by atoms with van der Waals surface area (Å²) in [5, 5.41) is 9.21. The predicted octanol–water partition coefficient (Wildman–Crippen LogP) is 2.72. The summed E-state index contributed by atoms with van der Waals surface area (Å²) in [5.41, 5.74) is 3.39. The fourth-order valence-electron chi connectivity index (χ4n) is 2.35. The molecule has 0 amide bonds. The quantitative estimate of drug-likeness (QED) is 0.855. The van der Waals surface area contributed by atoms with Crippen molar-refractivity contribution in [3.8, 4) is 5.75 Å². The molecule has 0 saturated heterocycles. The number of rotatable bonds is 2. The topological polar surface area (TPSA) is 46.5 Å². The van der Waals surface area contributed by atoms with Crippen LogP contribution < -0.4 is 4.74 Å². The van der Waals surface area contributed by atoms with Gasteiger partial charge in [-0.1, -0.05) is 13.0 Å². The van der Waals surface area contributed by atoms with Gasteiger partial charge in [0.1, 0.15) is 11.9 Å². The number of aliphatic carboxylic acids is 1. The van der Waals surface area contributed by atoms with Crippen molar-refractivity contribution >= 4 is 5.97 Å². The van der Waals surface area contributed by atoms with Crippen LogP contribution in [0.15, 0.2) is 12.1 Å². The number of benzene rings is 1. The Morgan fingerprint density at radius 3 is 2.65 bits per heavy atom. The Hall–Kier alpha value is -1.51. The van der Waals surface area contributed by atoms with Crippen molar-refractivity contribution in [2.45, 2.75) is 39.7 Å². The van der Waals surface area contributed by atoms with Gasteiger partial charge in [-0.15, -0.1) is 0 Å². The number of carbonyl (C=O) groups is 1. The molecular formula is C14H18O3. The van der Waals surface area contributed by atoms with Gasteiger partial charge in [0.25, 0.3) is 0 Å². The van der Waals surface area contributed by atoms with E-state index in [1.807, 2.05) is 32.9 Å². The Bertz CT molecular complexity index is 451. The number of aryl methyl sites for hydroxylation is 2. The van der Waals surface area contributed by atoms with E-state index < -0.39 is 11.9 Å². The SMILES string of the molecule is CCC1Oc2cc(C)c(C)cc2CC1C(=O)O. The molecule has 1 aliphatic heterocycles. The minimum atomic E-state index is -0.763. The van der Waals surface area contributed by atoms with Crippen LogP contribution in [0.2, 0.25) is 0 Å². The van der Waals surface area contributed by atoms with Crippen LogP contribution in [-0.4, -0.2) is 17.2 Å². The van der Waals surface area contributed by atoms with Crippen molar-refractivity contribution < 1.29 is 14.6 Å². The van der Waals surface area contributed by atoms with E-state index in [1.165, 1.54) is 11.1 Å². The molecule has 1 aromatic carbocycles. The van der Waals surface area contributed by atoms with Crippen LogP contribution >= 0.6 is 0 Å². The predicted molar refractivity (Wildman–Crippen MR) is 65.5 cm³/mol. The number of fused-ring (bicyclic) bond motifs is 1. The van der Waals surface area contributed by atoms with Gasteiger partial charge >= 0.3 is 5.97 Å². The van der Waals surface area contributed by atoms with Gasteiger partial charge in [0.05, 0.1) is 5.92 Å². The summed E-state index contributed by atoms with van der Waals surface area (Å²) < 4.78 is 5.81. The van der Waals surface area contributed by atoms with Crippen LogP contribution in [0.1, 0.15) is 30.0 Å². The third-order valence-electron chi connectivity index (χ3n) is 3.56. The van der Waals surface area contributed by atoms with Crippen molar-refractivity contribution in [3.63, 3.8) is 0 Å². The molecule has 0 fully saturated rings. The molecule has 2 atom stereocenters. The van der Waals surface area contributed by atoms with Crippen molar-refractivity contribution in [1.29, 1.82) is 0 Å². The standard InChI is InChI=1S/C14H18O3/c1-4-12-11(14(15)16)7-10-5-8(2)9(3)6-13(10)17-12/h5-6,11-12H,4,7H2,1-3H3,(H,15,16). The molecule has 2 rings (SSSR count). The lowest BCUT2D eigenvalue weighted by atomic mass is 9.88. The maximum Gasteiger partial charge on any atom is 0.310 e. The minimum Gasteiger partial charge on any atom is -0.489 e. The molecule has 92 valence electrons. The van der Waals surface area contributed by atoms with E-state index in [-0.39, 0.29) is 6.10 Å². The zero-order valence-corrected chi connectivity index (χ0v) is 10.5. The summed E-state index contributed by atoms with van der Waals surface area (Å²) in [6.07, 6.45) is 1.09. The zero-order chi connectivity index (χ0) is 12.6. The second-order valence-corrected chi connectivity index (χ2v) is 4.76. The van der Waals surface area contributed by atoms with Gasteiger partial charge in [-0.3, -0.25) is 4.79 Å².